The van der Waals surface area contributed by atoms with Crippen molar-refractivity contribution < 1.29 is 9.05 Å². The second kappa shape index (κ2) is 8.94. The summed E-state index contributed by atoms with van der Waals surface area (Å²) in [6.45, 7) is 13.5. The lowest BCUT2D eigenvalue weighted by atomic mass is 10.0. The monoisotopic (exact) mass is 474 g/mol. The van der Waals surface area contributed by atoms with Gasteiger partial charge in [-0.15, -0.1) is 0 Å². The SMILES string of the molecule is Cc1c(C)c2p(c1-c1ccccc1)O[C@@H](C)C[C@H](C)Op1c(-c3ccccc3)c(C)c(C)c1-2. The smallest absolute Gasteiger partial charge is 0.0675 e. The highest BCUT2D eigenvalue weighted by molar-refractivity contribution is 7.57. The molecule has 0 amide bonds. The Kier molecular flexibility index (Phi) is 6.15. The predicted molar refractivity (Wildman–Crippen MR) is 144 cm³/mol. The molecule has 0 bridgehead atoms. The van der Waals surface area contributed by atoms with E-state index >= 15 is 0 Å². The van der Waals surface area contributed by atoms with Crippen LogP contribution in [0.25, 0.3) is 32.3 Å². The van der Waals surface area contributed by atoms with E-state index in [2.05, 4.69) is 102 Å². The van der Waals surface area contributed by atoms with Gasteiger partial charge in [0.1, 0.15) is 0 Å². The lowest BCUT2D eigenvalue weighted by Gasteiger charge is -2.19. The number of hydrogen-bond donors (Lipinski definition) is 0. The van der Waals surface area contributed by atoms with Gasteiger partial charge in [-0.1, -0.05) is 60.7 Å². The maximum atomic E-state index is 6.93. The van der Waals surface area contributed by atoms with Crippen molar-refractivity contribution in [2.75, 3.05) is 0 Å². The summed E-state index contributed by atoms with van der Waals surface area (Å²) < 4.78 is 13.9. The summed E-state index contributed by atoms with van der Waals surface area (Å²) in [4.78, 5) is 0. The van der Waals surface area contributed by atoms with Gasteiger partial charge in [0.15, 0.2) is 0 Å². The first-order chi connectivity index (χ1) is 15.9. The van der Waals surface area contributed by atoms with Crippen LogP contribution in [0.1, 0.15) is 42.5 Å². The molecule has 0 aliphatic carbocycles. The molecule has 2 aromatic carbocycles. The van der Waals surface area contributed by atoms with Gasteiger partial charge in [-0.25, -0.2) is 0 Å². The zero-order valence-electron chi connectivity index (χ0n) is 20.3. The zero-order chi connectivity index (χ0) is 23.3. The third-order valence-electron chi connectivity index (χ3n) is 6.91. The van der Waals surface area contributed by atoms with Gasteiger partial charge in [-0.05, 0) is 74.9 Å². The van der Waals surface area contributed by atoms with E-state index in [-0.39, 0.29) is 12.2 Å². The number of hydrogen-bond acceptors (Lipinski definition) is 2. The predicted octanol–water partition coefficient (Wildman–Crippen LogP) is 8.93. The van der Waals surface area contributed by atoms with Crippen LogP contribution in [0.2, 0.25) is 0 Å². The van der Waals surface area contributed by atoms with E-state index in [1.807, 2.05) is 0 Å². The van der Waals surface area contributed by atoms with Crippen molar-refractivity contribution >= 4 is 15.5 Å². The summed E-state index contributed by atoms with van der Waals surface area (Å²) >= 11 is 0. The molecule has 0 fully saturated rings. The van der Waals surface area contributed by atoms with E-state index in [9.17, 15) is 0 Å². The van der Waals surface area contributed by atoms with Crippen LogP contribution >= 0.6 is 15.5 Å². The summed E-state index contributed by atoms with van der Waals surface area (Å²) in [7, 11) is -1.82. The first-order valence-corrected chi connectivity index (χ1v) is 14.3. The second-order valence-electron chi connectivity index (χ2n) is 9.28. The first-order valence-electron chi connectivity index (χ1n) is 11.8. The maximum absolute atomic E-state index is 6.93. The molecule has 3 heterocycles. The van der Waals surface area contributed by atoms with E-state index in [0.29, 0.717) is 0 Å². The molecule has 2 nitrogen and oxygen atoms in total. The molecule has 2 aromatic heterocycles. The normalized spacial score (nSPS) is 19.3. The summed E-state index contributed by atoms with van der Waals surface area (Å²) in [5, 5.41) is 5.55. The third-order valence-corrected chi connectivity index (χ3v) is 12.2. The average Bonchev–Trinajstić information content (AvgIpc) is 3.19. The topological polar surface area (TPSA) is 18.5 Å². The van der Waals surface area contributed by atoms with Crippen LogP contribution in [-0.4, -0.2) is 12.2 Å². The van der Waals surface area contributed by atoms with E-state index < -0.39 is 15.5 Å². The van der Waals surface area contributed by atoms with Crippen LogP contribution in [0.15, 0.2) is 60.7 Å². The lowest BCUT2D eigenvalue weighted by molar-refractivity contribution is 0.207. The van der Waals surface area contributed by atoms with E-state index in [1.165, 1.54) is 54.6 Å². The van der Waals surface area contributed by atoms with E-state index in [1.54, 1.807) is 0 Å². The Morgan fingerprint density at radius 1 is 0.545 bits per heavy atom. The highest BCUT2D eigenvalue weighted by Gasteiger charge is 2.32. The number of benzene rings is 2. The Hall–Kier alpha value is -2.08. The minimum Gasteiger partial charge on any atom is -0.328 e. The molecule has 0 saturated carbocycles. The Bertz CT molecular complexity index is 1200. The quantitative estimate of drug-likeness (QED) is 0.289. The molecular formula is C29H32O2P2. The molecule has 5 rings (SSSR count). The highest BCUT2D eigenvalue weighted by atomic mass is 31.1. The number of fused-ring (bicyclic) bond motifs is 3. The Morgan fingerprint density at radius 3 is 1.24 bits per heavy atom. The molecule has 170 valence electrons. The van der Waals surface area contributed by atoms with Crippen LogP contribution in [0.3, 0.4) is 0 Å². The molecule has 4 atom stereocenters. The van der Waals surface area contributed by atoms with Crippen LogP contribution in [0.4, 0.5) is 0 Å². The fourth-order valence-corrected chi connectivity index (χ4v) is 10.8. The lowest BCUT2D eigenvalue weighted by Crippen LogP contribution is -2.21. The molecule has 1 aliphatic heterocycles. The van der Waals surface area contributed by atoms with Gasteiger partial charge in [0.2, 0.25) is 0 Å². The fraction of sp³-hybridized carbons (Fsp3) is 0.310. The average molecular weight is 475 g/mol. The van der Waals surface area contributed by atoms with Crippen LogP contribution in [-0.2, 0) is 0 Å². The molecule has 0 spiro atoms. The maximum Gasteiger partial charge on any atom is 0.0675 e. The van der Waals surface area contributed by atoms with Gasteiger partial charge in [-0.2, -0.15) is 0 Å². The van der Waals surface area contributed by atoms with E-state index in [0.717, 1.165) is 6.42 Å². The Morgan fingerprint density at radius 2 is 0.879 bits per heavy atom. The minimum absolute atomic E-state index is 0.139. The fourth-order valence-electron chi connectivity index (χ4n) is 5.07. The molecule has 0 N–H and O–H groups in total. The third kappa shape index (κ3) is 3.84. The first kappa shape index (κ1) is 22.7. The van der Waals surface area contributed by atoms with Gasteiger partial charge in [0.25, 0.3) is 0 Å². The molecule has 4 heteroatoms. The molecular weight excluding hydrogens is 442 g/mol. The van der Waals surface area contributed by atoms with Crippen LogP contribution in [0.5, 0.6) is 0 Å². The van der Waals surface area contributed by atoms with Crippen LogP contribution < -0.4 is 9.05 Å². The van der Waals surface area contributed by atoms with E-state index in [4.69, 9.17) is 9.05 Å². The second-order valence-corrected chi connectivity index (χ2v) is 12.7. The van der Waals surface area contributed by atoms with Crippen molar-refractivity contribution in [2.45, 2.75) is 60.2 Å². The summed E-state index contributed by atoms with van der Waals surface area (Å²) in [6.07, 6.45) is 1.18. The molecule has 2 unspecified atom stereocenters. The van der Waals surface area contributed by atoms with Crippen molar-refractivity contribution in [3.8, 4) is 32.3 Å². The van der Waals surface area contributed by atoms with Crippen molar-refractivity contribution in [3.05, 3.63) is 82.9 Å². The summed E-state index contributed by atoms with van der Waals surface area (Å²) in [6, 6.07) is 21.6. The van der Waals surface area contributed by atoms with Gasteiger partial charge in [0.05, 0.1) is 12.2 Å². The van der Waals surface area contributed by atoms with Crippen molar-refractivity contribution in [1.29, 1.82) is 0 Å². The highest BCUT2D eigenvalue weighted by Crippen LogP contribution is 2.63. The molecule has 0 radical (unpaired) electrons. The zero-order valence-corrected chi connectivity index (χ0v) is 22.1. The molecule has 33 heavy (non-hydrogen) atoms. The van der Waals surface area contributed by atoms with Gasteiger partial charge < -0.3 is 9.05 Å². The van der Waals surface area contributed by atoms with Gasteiger partial charge >= 0.3 is 0 Å². The minimum atomic E-state index is -0.912. The van der Waals surface area contributed by atoms with Gasteiger partial charge in [0, 0.05) is 43.1 Å². The molecule has 0 saturated heterocycles. The summed E-state index contributed by atoms with van der Waals surface area (Å²) in [5.41, 5.74) is 8.03. The standard InChI is InChI=1S/C29H32O2P2/c1-18-17-19(2)31-33-27(25-15-11-8-12-16-25)21(4)23(6)29(33)28-22(5)20(3)26(32(28)30-18)24-13-9-7-10-14-24/h7-16,18-19H,17H2,1-6H3/t18-,19-,32?,33?/m0/s1. The molecule has 1 aliphatic rings. The van der Waals surface area contributed by atoms with Crippen molar-refractivity contribution in [1.82, 2.24) is 0 Å². The molecule has 4 aromatic rings. The van der Waals surface area contributed by atoms with Crippen molar-refractivity contribution in [3.63, 3.8) is 0 Å². The Balaban J connectivity index is 1.87. The van der Waals surface area contributed by atoms with Crippen molar-refractivity contribution in [2.24, 2.45) is 0 Å². The Labute approximate surface area is 199 Å². The largest absolute Gasteiger partial charge is 0.328 e. The van der Waals surface area contributed by atoms with Gasteiger partial charge in [-0.3, -0.25) is 0 Å². The summed E-state index contributed by atoms with van der Waals surface area (Å²) in [5.74, 6) is 0. The number of rotatable bonds is 2. The van der Waals surface area contributed by atoms with Crippen LogP contribution in [0, 0.1) is 27.7 Å².